The van der Waals surface area contributed by atoms with Gasteiger partial charge in [0.2, 0.25) is 0 Å². The fourth-order valence-corrected chi connectivity index (χ4v) is 2.82. The van der Waals surface area contributed by atoms with E-state index in [1.807, 2.05) is 55.5 Å². The van der Waals surface area contributed by atoms with Crippen molar-refractivity contribution in [3.63, 3.8) is 0 Å². The van der Waals surface area contributed by atoms with Crippen LogP contribution in [0.2, 0.25) is 0 Å². The molecule has 0 saturated heterocycles. The Labute approximate surface area is 150 Å². The molecular formula is C22H26O3. The highest BCUT2D eigenvalue weighted by Gasteiger charge is 2.37. The van der Waals surface area contributed by atoms with Crippen LogP contribution in [0.5, 0.6) is 0 Å². The van der Waals surface area contributed by atoms with Crippen LogP contribution in [0.15, 0.2) is 60.7 Å². The molecule has 0 N–H and O–H groups in total. The number of unbranched alkanes of at least 4 members (excludes halogenated alkanes) is 1. The third-order valence-corrected chi connectivity index (χ3v) is 4.31. The van der Waals surface area contributed by atoms with Crippen LogP contribution in [0.25, 0.3) is 0 Å². The first-order chi connectivity index (χ1) is 12.0. The van der Waals surface area contributed by atoms with E-state index in [1.54, 1.807) is 12.1 Å². The van der Waals surface area contributed by atoms with Gasteiger partial charge in [0, 0.05) is 12.0 Å². The Bertz CT molecular complexity index is 679. The van der Waals surface area contributed by atoms with E-state index in [1.165, 1.54) is 0 Å². The molecule has 0 aromatic heterocycles. The van der Waals surface area contributed by atoms with Crippen LogP contribution in [0, 0.1) is 5.41 Å². The fraction of sp³-hybridized carbons (Fsp3) is 0.364. The molecule has 3 nitrogen and oxygen atoms in total. The van der Waals surface area contributed by atoms with Crippen LogP contribution in [0.3, 0.4) is 0 Å². The predicted molar refractivity (Wildman–Crippen MR) is 99.5 cm³/mol. The van der Waals surface area contributed by atoms with Crippen LogP contribution in [-0.2, 0) is 16.0 Å². The highest BCUT2D eigenvalue weighted by molar-refractivity contribution is 5.99. The van der Waals surface area contributed by atoms with Crippen molar-refractivity contribution in [2.45, 2.75) is 39.5 Å². The number of Topliss-reactive ketones (excluding diaryl/α,β-unsaturated/α-hetero) is 1. The maximum Gasteiger partial charge on any atom is 0.312 e. The molecule has 0 fully saturated rings. The lowest BCUT2D eigenvalue weighted by molar-refractivity contribution is -0.155. The maximum absolute atomic E-state index is 12.7. The van der Waals surface area contributed by atoms with E-state index in [2.05, 4.69) is 6.92 Å². The Kier molecular flexibility index (Phi) is 6.93. The Balaban J connectivity index is 2.18. The highest BCUT2D eigenvalue weighted by atomic mass is 16.5. The van der Waals surface area contributed by atoms with Crippen molar-refractivity contribution >= 4 is 11.8 Å². The van der Waals surface area contributed by atoms with Crippen LogP contribution < -0.4 is 0 Å². The molecule has 0 saturated carbocycles. The largest absolute Gasteiger partial charge is 0.465 e. The quantitative estimate of drug-likeness (QED) is 0.373. The number of esters is 1. The van der Waals surface area contributed by atoms with Crippen molar-refractivity contribution < 1.29 is 14.3 Å². The van der Waals surface area contributed by atoms with E-state index in [0.29, 0.717) is 18.6 Å². The average molecular weight is 338 g/mol. The summed E-state index contributed by atoms with van der Waals surface area (Å²) in [5.74, 6) is -0.333. The zero-order valence-electron chi connectivity index (χ0n) is 15.0. The molecule has 0 radical (unpaired) electrons. The SMILES string of the molecule is CCCCOC(=O)[C@@](C)(CC(=O)c1ccccc1)Cc1ccccc1. The number of carbonyl (C=O) groups is 2. The van der Waals surface area contributed by atoms with E-state index in [0.717, 1.165) is 18.4 Å². The van der Waals surface area contributed by atoms with Gasteiger partial charge in [-0.3, -0.25) is 9.59 Å². The van der Waals surface area contributed by atoms with Crippen molar-refractivity contribution in [2.24, 2.45) is 5.41 Å². The molecule has 0 aliphatic carbocycles. The van der Waals surface area contributed by atoms with Gasteiger partial charge < -0.3 is 4.74 Å². The molecule has 2 aromatic rings. The molecule has 0 amide bonds. The first-order valence-electron chi connectivity index (χ1n) is 8.84. The Morgan fingerprint density at radius 1 is 0.960 bits per heavy atom. The molecule has 0 aliphatic heterocycles. The van der Waals surface area contributed by atoms with Crippen LogP contribution in [0.4, 0.5) is 0 Å². The number of ketones is 1. The van der Waals surface area contributed by atoms with Gasteiger partial charge in [-0.2, -0.15) is 0 Å². The van der Waals surface area contributed by atoms with Crippen molar-refractivity contribution in [2.75, 3.05) is 6.61 Å². The molecule has 132 valence electrons. The molecule has 0 aliphatic rings. The zero-order chi connectivity index (χ0) is 18.1. The van der Waals surface area contributed by atoms with Crippen LogP contribution in [0.1, 0.15) is 49.0 Å². The van der Waals surface area contributed by atoms with Gasteiger partial charge in [0.25, 0.3) is 0 Å². The standard InChI is InChI=1S/C22H26O3/c1-3-4-15-25-21(24)22(2,16-18-11-7-5-8-12-18)17-20(23)19-13-9-6-10-14-19/h5-14H,3-4,15-17H2,1-2H3/t22-/m1/s1. The van der Waals surface area contributed by atoms with Gasteiger partial charge in [-0.05, 0) is 25.3 Å². The van der Waals surface area contributed by atoms with Crippen molar-refractivity contribution in [3.8, 4) is 0 Å². The van der Waals surface area contributed by atoms with Crippen molar-refractivity contribution in [3.05, 3.63) is 71.8 Å². The Morgan fingerprint density at radius 2 is 1.56 bits per heavy atom. The second-order valence-corrected chi connectivity index (χ2v) is 6.68. The summed E-state index contributed by atoms with van der Waals surface area (Å²) in [4.78, 5) is 25.4. The lowest BCUT2D eigenvalue weighted by Gasteiger charge is -2.27. The number of hydrogen-bond acceptors (Lipinski definition) is 3. The van der Waals surface area contributed by atoms with Gasteiger partial charge in [0.15, 0.2) is 5.78 Å². The predicted octanol–water partition coefficient (Wildman–Crippen LogP) is 4.85. The molecule has 0 spiro atoms. The number of ether oxygens (including phenoxy) is 1. The minimum Gasteiger partial charge on any atom is -0.465 e. The van der Waals surface area contributed by atoms with Gasteiger partial charge in [-0.15, -0.1) is 0 Å². The first-order valence-corrected chi connectivity index (χ1v) is 8.84. The minimum atomic E-state index is -0.873. The van der Waals surface area contributed by atoms with E-state index >= 15 is 0 Å². The van der Waals surface area contributed by atoms with Crippen LogP contribution in [-0.4, -0.2) is 18.4 Å². The summed E-state index contributed by atoms with van der Waals surface area (Å²) in [6.07, 6.45) is 2.42. The van der Waals surface area contributed by atoms with E-state index < -0.39 is 5.41 Å². The number of rotatable bonds is 9. The van der Waals surface area contributed by atoms with Gasteiger partial charge in [-0.25, -0.2) is 0 Å². The molecule has 0 unspecified atom stereocenters. The fourth-order valence-electron chi connectivity index (χ4n) is 2.82. The molecule has 0 bridgehead atoms. The number of benzene rings is 2. The molecule has 2 rings (SSSR count). The lowest BCUT2D eigenvalue weighted by atomic mass is 9.78. The van der Waals surface area contributed by atoms with Crippen molar-refractivity contribution in [1.82, 2.24) is 0 Å². The van der Waals surface area contributed by atoms with Gasteiger partial charge in [0.1, 0.15) is 0 Å². The van der Waals surface area contributed by atoms with E-state index in [9.17, 15) is 9.59 Å². The third kappa shape index (κ3) is 5.56. The summed E-state index contributed by atoms with van der Waals surface area (Å²) in [5, 5.41) is 0. The summed E-state index contributed by atoms with van der Waals surface area (Å²) in [6, 6.07) is 18.9. The smallest absolute Gasteiger partial charge is 0.312 e. The van der Waals surface area contributed by atoms with Crippen molar-refractivity contribution in [1.29, 1.82) is 0 Å². The third-order valence-electron chi connectivity index (χ3n) is 4.31. The second kappa shape index (κ2) is 9.16. The monoisotopic (exact) mass is 338 g/mol. The van der Waals surface area contributed by atoms with Gasteiger partial charge in [-0.1, -0.05) is 74.0 Å². The summed E-state index contributed by atoms with van der Waals surface area (Å²) in [5.41, 5.74) is 0.781. The molecule has 1 atom stereocenters. The average Bonchev–Trinajstić information content (AvgIpc) is 2.63. The normalized spacial score (nSPS) is 13.0. The van der Waals surface area contributed by atoms with Gasteiger partial charge in [0.05, 0.1) is 12.0 Å². The summed E-state index contributed by atoms with van der Waals surface area (Å²) < 4.78 is 5.47. The Hall–Kier alpha value is -2.42. The molecule has 2 aromatic carbocycles. The molecule has 25 heavy (non-hydrogen) atoms. The minimum absolute atomic E-state index is 0.0357. The second-order valence-electron chi connectivity index (χ2n) is 6.68. The summed E-state index contributed by atoms with van der Waals surface area (Å²) in [6.45, 7) is 4.28. The summed E-state index contributed by atoms with van der Waals surface area (Å²) in [7, 11) is 0. The lowest BCUT2D eigenvalue weighted by Crippen LogP contribution is -2.35. The van der Waals surface area contributed by atoms with Crippen LogP contribution >= 0.6 is 0 Å². The zero-order valence-corrected chi connectivity index (χ0v) is 15.0. The highest BCUT2D eigenvalue weighted by Crippen LogP contribution is 2.30. The summed E-state index contributed by atoms with van der Waals surface area (Å²) >= 11 is 0. The number of carbonyl (C=O) groups excluding carboxylic acids is 2. The first kappa shape index (κ1) is 18.9. The van der Waals surface area contributed by atoms with E-state index in [-0.39, 0.29) is 18.2 Å². The van der Waals surface area contributed by atoms with Gasteiger partial charge >= 0.3 is 5.97 Å². The topological polar surface area (TPSA) is 43.4 Å². The van der Waals surface area contributed by atoms with E-state index in [4.69, 9.17) is 4.74 Å². The number of hydrogen-bond donors (Lipinski definition) is 0. The molecule has 0 heterocycles. The molecule has 3 heteroatoms. The maximum atomic E-state index is 12.7. The Morgan fingerprint density at radius 3 is 2.16 bits per heavy atom. The molecular weight excluding hydrogens is 312 g/mol.